The Labute approximate surface area is 210 Å². The fourth-order valence-electron chi connectivity index (χ4n) is 9.38. The van der Waals surface area contributed by atoms with Gasteiger partial charge in [0.2, 0.25) is 5.91 Å². The second kappa shape index (κ2) is 10.3. The van der Waals surface area contributed by atoms with Crippen LogP contribution >= 0.6 is 0 Å². The number of carboxylic acids is 1. The van der Waals surface area contributed by atoms with E-state index in [0.29, 0.717) is 42.4 Å². The Morgan fingerprint density at radius 2 is 1.69 bits per heavy atom. The summed E-state index contributed by atoms with van der Waals surface area (Å²) in [6.07, 6.45) is 7.94. The summed E-state index contributed by atoms with van der Waals surface area (Å²) in [4.78, 5) is 22.8. The van der Waals surface area contributed by atoms with Gasteiger partial charge in [-0.1, -0.05) is 20.8 Å². The van der Waals surface area contributed by atoms with Crippen molar-refractivity contribution < 1.29 is 30.0 Å². The standard InChI is InChI=1S/C28H47NO6/c1-16(4-7-25(33)29-15-26(34)35)21-5-6-22-20-12-19(31)11-17-10-18(30)8-9-27(2,14-17)23(20)13-24(32)28(21,22)3/h16-24,30-32H,4-15H2,1-3H3,(H,29,33)(H,34,35)/t16-,17?,18-,19?,20-,21-,22+,23+,24+,27+,28-/m1/s1. The van der Waals surface area contributed by atoms with Gasteiger partial charge in [-0.05, 0) is 111 Å². The number of nitrogens with one attached hydrogen (secondary N) is 1. The molecule has 35 heavy (non-hydrogen) atoms. The number of carboxylic acid groups (broad SMARTS) is 1. The Hall–Kier alpha value is -1.18. The average molecular weight is 494 g/mol. The van der Waals surface area contributed by atoms with Crippen LogP contribution in [0.4, 0.5) is 0 Å². The lowest BCUT2D eigenvalue weighted by Gasteiger charge is -2.58. The van der Waals surface area contributed by atoms with Gasteiger partial charge in [-0.15, -0.1) is 0 Å². The minimum absolute atomic E-state index is 0.0845. The SMILES string of the molecule is C[C@H](CCC(=O)NCC(=O)O)[C@H]1CC[C@H]2[C@H]3CC(O)CC4C[C@H](O)CC[C@@](C)(C4)[C@H]3C[C@H](O)[C@]12C. The molecule has 0 aromatic rings. The third kappa shape index (κ3) is 5.28. The molecule has 11 atom stereocenters. The van der Waals surface area contributed by atoms with Gasteiger partial charge in [0, 0.05) is 6.42 Å². The summed E-state index contributed by atoms with van der Waals surface area (Å²) in [7, 11) is 0. The van der Waals surface area contributed by atoms with Gasteiger partial charge in [-0.3, -0.25) is 9.59 Å². The van der Waals surface area contributed by atoms with Crippen molar-refractivity contribution in [1.82, 2.24) is 5.32 Å². The van der Waals surface area contributed by atoms with Crippen LogP contribution in [0.2, 0.25) is 0 Å². The first kappa shape index (κ1) is 26.9. The number of fused-ring (bicyclic) bond motifs is 6. The summed E-state index contributed by atoms with van der Waals surface area (Å²) < 4.78 is 0. The molecule has 0 aliphatic heterocycles. The molecule has 0 aromatic carbocycles. The van der Waals surface area contributed by atoms with Gasteiger partial charge < -0.3 is 25.7 Å². The van der Waals surface area contributed by atoms with Gasteiger partial charge in [0.15, 0.2) is 0 Å². The Morgan fingerprint density at radius 3 is 2.40 bits per heavy atom. The Balaban J connectivity index is 1.52. The van der Waals surface area contributed by atoms with Gasteiger partial charge in [0.05, 0.1) is 18.3 Å². The lowest BCUT2D eigenvalue weighted by molar-refractivity contribution is -0.151. The zero-order valence-corrected chi connectivity index (χ0v) is 21.8. The number of amides is 1. The highest BCUT2D eigenvalue weighted by Crippen LogP contribution is 2.66. The molecule has 0 radical (unpaired) electrons. The van der Waals surface area contributed by atoms with Gasteiger partial charge in [0.25, 0.3) is 0 Å². The number of carbonyl (C=O) groups is 2. The van der Waals surface area contributed by atoms with Crippen molar-refractivity contribution in [3.63, 3.8) is 0 Å². The predicted octanol–water partition coefficient (Wildman–Crippen LogP) is 3.35. The normalized spacial score (nSPS) is 46.3. The third-order valence-corrected chi connectivity index (χ3v) is 11.0. The maximum absolute atomic E-state index is 12.1. The molecular weight excluding hydrogens is 446 g/mol. The van der Waals surface area contributed by atoms with Crippen molar-refractivity contribution in [3.05, 3.63) is 0 Å². The molecule has 4 saturated carbocycles. The van der Waals surface area contributed by atoms with Crippen LogP contribution in [0.3, 0.4) is 0 Å². The van der Waals surface area contributed by atoms with Crippen LogP contribution in [0.1, 0.15) is 91.4 Å². The average Bonchev–Trinajstić information content (AvgIpc) is 3.06. The monoisotopic (exact) mass is 493 g/mol. The van der Waals surface area contributed by atoms with Crippen molar-refractivity contribution in [3.8, 4) is 0 Å². The Bertz CT molecular complexity index is 789. The van der Waals surface area contributed by atoms with Gasteiger partial charge in [0.1, 0.15) is 6.54 Å². The minimum atomic E-state index is -1.04. The van der Waals surface area contributed by atoms with Crippen molar-refractivity contribution in [2.75, 3.05) is 6.54 Å². The molecule has 7 heteroatoms. The molecule has 4 rings (SSSR count). The lowest BCUT2D eigenvalue weighted by Crippen LogP contribution is -2.56. The summed E-state index contributed by atoms with van der Waals surface area (Å²) >= 11 is 0. The molecule has 200 valence electrons. The lowest BCUT2D eigenvalue weighted by atomic mass is 9.48. The largest absolute Gasteiger partial charge is 0.480 e. The van der Waals surface area contributed by atoms with E-state index in [0.717, 1.165) is 57.8 Å². The second-order valence-corrected chi connectivity index (χ2v) is 13.1. The molecule has 0 aromatic heterocycles. The number of rotatable bonds is 6. The van der Waals surface area contributed by atoms with Crippen LogP contribution in [0.15, 0.2) is 0 Å². The van der Waals surface area contributed by atoms with E-state index in [1.807, 2.05) is 0 Å². The number of aliphatic hydroxyl groups is 3. The molecule has 5 N–H and O–H groups in total. The second-order valence-electron chi connectivity index (χ2n) is 13.1. The van der Waals surface area contributed by atoms with Crippen molar-refractivity contribution >= 4 is 11.9 Å². The first-order chi connectivity index (χ1) is 16.4. The molecule has 0 spiro atoms. The summed E-state index contributed by atoms with van der Waals surface area (Å²) in [6.45, 7) is 6.46. The number of aliphatic hydroxyl groups excluding tert-OH is 3. The molecule has 4 aliphatic carbocycles. The van der Waals surface area contributed by atoms with E-state index in [9.17, 15) is 24.9 Å². The quantitative estimate of drug-likeness (QED) is 0.386. The zero-order chi connectivity index (χ0) is 25.5. The number of carbonyl (C=O) groups excluding carboxylic acids is 1. The maximum atomic E-state index is 12.1. The van der Waals surface area contributed by atoms with E-state index in [-0.39, 0.29) is 41.4 Å². The molecular formula is C28H47NO6. The van der Waals surface area contributed by atoms with E-state index in [1.54, 1.807) is 0 Å². The van der Waals surface area contributed by atoms with Crippen molar-refractivity contribution in [1.29, 1.82) is 0 Å². The Kier molecular flexibility index (Phi) is 7.90. The van der Waals surface area contributed by atoms with Gasteiger partial charge in [-0.2, -0.15) is 0 Å². The highest BCUT2D eigenvalue weighted by atomic mass is 16.4. The molecule has 0 saturated heterocycles. The molecule has 2 bridgehead atoms. The highest BCUT2D eigenvalue weighted by Gasteiger charge is 2.62. The first-order valence-electron chi connectivity index (χ1n) is 14.0. The first-order valence-corrected chi connectivity index (χ1v) is 14.0. The van der Waals surface area contributed by atoms with E-state index in [4.69, 9.17) is 5.11 Å². The predicted molar refractivity (Wildman–Crippen MR) is 132 cm³/mol. The molecule has 2 unspecified atom stereocenters. The fraction of sp³-hybridized carbons (Fsp3) is 0.929. The molecule has 7 nitrogen and oxygen atoms in total. The maximum Gasteiger partial charge on any atom is 0.322 e. The number of hydrogen-bond acceptors (Lipinski definition) is 5. The molecule has 4 aliphatic rings. The molecule has 4 fully saturated rings. The highest BCUT2D eigenvalue weighted by molar-refractivity contribution is 5.81. The van der Waals surface area contributed by atoms with Crippen molar-refractivity contribution in [2.45, 2.75) is 110 Å². The number of aliphatic carboxylic acids is 1. The van der Waals surface area contributed by atoms with Gasteiger partial charge in [-0.25, -0.2) is 0 Å². The summed E-state index contributed by atoms with van der Waals surface area (Å²) in [5.74, 6) is 0.701. The van der Waals surface area contributed by atoms with Crippen LogP contribution in [-0.4, -0.2) is 57.2 Å². The fourth-order valence-corrected chi connectivity index (χ4v) is 9.38. The smallest absolute Gasteiger partial charge is 0.322 e. The van der Waals surface area contributed by atoms with Crippen LogP contribution < -0.4 is 5.32 Å². The van der Waals surface area contributed by atoms with Gasteiger partial charge >= 0.3 is 5.97 Å². The molecule has 0 heterocycles. The minimum Gasteiger partial charge on any atom is -0.480 e. The van der Waals surface area contributed by atoms with Crippen molar-refractivity contribution in [2.24, 2.45) is 46.3 Å². The summed E-state index contributed by atoms with van der Waals surface area (Å²) in [5, 5.41) is 44.6. The topological polar surface area (TPSA) is 127 Å². The summed E-state index contributed by atoms with van der Waals surface area (Å²) in [6, 6.07) is 0. The van der Waals surface area contributed by atoms with Crippen LogP contribution in [-0.2, 0) is 9.59 Å². The zero-order valence-electron chi connectivity index (χ0n) is 21.8. The molecule has 1 amide bonds. The van der Waals surface area contributed by atoms with E-state index in [1.165, 1.54) is 0 Å². The van der Waals surface area contributed by atoms with Crippen LogP contribution in [0, 0.1) is 46.3 Å². The summed E-state index contributed by atoms with van der Waals surface area (Å²) in [5.41, 5.74) is -0.155. The third-order valence-electron chi connectivity index (χ3n) is 11.0. The van der Waals surface area contributed by atoms with Crippen LogP contribution in [0.5, 0.6) is 0 Å². The van der Waals surface area contributed by atoms with E-state index < -0.39 is 12.1 Å². The van der Waals surface area contributed by atoms with E-state index in [2.05, 4.69) is 26.1 Å². The Morgan fingerprint density at radius 1 is 0.971 bits per heavy atom. The van der Waals surface area contributed by atoms with Crippen LogP contribution in [0.25, 0.3) is 0 Å². The van der Waals surface area contributed by atoms with E-state index >= 15 is 0 Å². The number of hydrogen-bond donors (Lipinski definition) is 5.